The molecule has 0 aromatic heterocycles. The second kappa shape index (κ2) is 9.22. The molecule has 2 heteroatoms. The molecule has 3 rings (SSSR count). The molecule has 0 aliphatic carbocycles. The molecule has 0 amide bonds. The van der Waals surface area contributed by atoms with Gasteiger partial charge in [0, 0.05) is 12.1 Å². The van der Waals surface area contributed by atoms with Gasteiger partial charge in [0.1, 0.15) is 5.75 Å². The molecular formula is C23H27NO. The second-order valence-corrected chi connectivity index (χ2v) is 6.49. The summed E-state index contributed by atoms with van der Waals surface area (Å²) >= 11 is 0. The lowest BCUT2D eigenvalue weighted by molar-refractivity contribution is 0.305. The largest absolute Gasteiger partial charge is 0.494 e. The van der Waals surface area contributed by atoms with Crippen molar-refractivity contribution in [3.8, 4) is 5.75 Å². The van der Waals surface area contributed by atoms with Crippen LogP contribution in [-0.2, 0) is 6.42 Å². The van der Waals surface area contributed by atoms with Gasteiger partial charge in [-0.05, 0) is 48.2 Å². The van der Waals surface area contributed by atoms with Crippen LogP contribution in [0.25, 0.3) is 6.08 Å². The second-order valence-electron chi connectivity index (χ2n) is 6.49. The van der Waals surface area contributed by atoms with Gasteiger partial charge in [-0.2, -0.15) is 0 Å². The number of hydrogen-bond acceptors (Lipinski definition) is 2. The molecule has 0 N–H and O–H groups in total. The molecule has 2 aromatic carbocycles. The van der Waals surface area contributed by atoms with E-state index in [4.69, 9.17) is 9.73 Å². The Kier molecular flexibility index (Phi) is 6.44. The van der Waals surface area contributed by atoms with Crippen LogP contribution < -0.4 is 4.74 Å². The van der Waals surface area contributed by atoms with Crippen molar-refractivity contribution < 1.29 is 4.74 Å². The lowest BCUT2D eigenvalue weighted by Gasteiger charge is -2.16. The van der Waals surface area contributed by atoms with Crippen LogP contribution in [0.3, 0.4) is 0 Å². The zero-order valence-electron chi connectivity index (χ0n) is 15.1. The fourth-order valence-electron chi connectivity index (χ4n) is 3.10. The van der Waals surface area contributed by atoms with Crippen molar-refractivity contribution in [1.82, 2.24) is 0 Å². The van der Waals surface area contributed by atoms with Crippen molar-refractivity contribution in [1.29, 1.82) is 0 Å². The molecule has 0 spiro atoms. The van der Waals surface area contributed by atoms with Crippen molar-refractivity contribution in [2.45, 2.75) is 39.0 Å². The normalized spacial score (nSPS) is 13.6. The van der Waals surface area contributed by atoms with E-state index in [1.54, 1.807) is 0 Å². The van der Waals surface area contributed by atoms with Gasteiger partial charge in [0.2, 0.25) is 0 Å². The van der Waals surface area contributed by atoms with Crippen LogP contribution in [0.4, 0.5) is 0 Å². The van der Waals surface area contributed by atoms with E-state index >= 15 is 0 Å². The maximum Gasteiger partial charge on any atom is 0.119 e. The summed E-state index contributed by atoms with van der Waals surface area (Å²) in [5, 5.41) is 0. The molecule has 0 saturated carbocycles. The summed E-state index contributed by atoms with van der Waals surface area (Å²) in [5.74, 6) is 0.989. The average molecular weight is 333 g/mol. The number of fused-ring (bicyclic) bond motifs is 1. The first kappa shape index (κ1) is 17.5. The first-order chi connectivity index (χ1) is 12.4. The summed E-state index contributed by atoms with van der Waals surface area (Å²) in [5.41, 5.74) is 4.84. The molecule has 0 saturated heterocycles. The molecule has 25 heavy (non-hydrogen) atoms. The van der Waals surface area contributed by atoms with Crippen LogP contribution in [0.1, 0.15) is 49.3 Å². The molecule has 2 aromatic rings. The summed E-state index contributed by atoms with van der Waals surface area (Å²) in [4.78, 5) is 4.70. The van der Waals surface area contributed by atoms with Gasteiger partial charge in [-0.1, -0.05) is 62.6 Å². The zero-order chi connectivity index (χ0) is 17.3. The summed E-state index contributed by atoms with van der Waals surface area (Å²) in [7, 11) is 0. The molecule has 0 unspecified atom stereocenters. The van der Waals surface area contributed by atoms with Crippen LogP contribution in [0.15, 0.2) is 59.6 Å². The van der Waals surface area contributed by atoms with Gasteiger partial charge in [-0.25, -0.2) is 0 Å². The van der Waals surface area contributed by atoms with Gasteiger partial charge >= 0.3 is 0 Å². The Balaban J connectivity index is 1.65. The molecule has 1 heterocycles. The number of nitrogens with zero attached hydrogens (tertiary/aromatic N) is 1. The molecule has 0 fully saturated rings. The standard InChI is InChI=1S/C23H27NO/c1-2-3-4-8-17-25-21-12-13-22-20(18-21)15-16-24-23(22)14-11-19-9-6-5-7-10-19/h5-7,9-14,18H,2-4,8,15-17H2,1H3. The minimum absolute atomic E-state index is 0.813. The number of aliphatic imine (C=N–C) groups is 1. The number of benzene rings is 2. The van der Waals surface area contributed by atoms with E-state index in [0.29, 0.717) is 0 Å². The van der Waals surface area contributed by atoms with Crippen molar-refractivity contribution in [3.63, 3.8) is 0 Å². The lowest BCUT2D eigenvalue weighted by Crippen LogP contribution is -2.11. The van der Waals surface area contributed by atoms with Gasteiger partial charge < -0.3 is 4.74 Å². The van der Waals surface area contributed by atoms with Crippen molar-refractivity contribution in [2.24, 2.45) is 4.99 Å². The fourth-order valence-corrected chi connectivity index (χ4v) is 3.10. The van der Waals surface area contributed by atoms with Crippen LogP contribution >= 0.6 is 0 Å². The van der Waals surface area contributed by atoms with E-state index in [1.807, 2.05) is 6.07 Å². The molecule has 1 aliphatic heterocycles. The van der Waals surface area contributed by atoms with E-state index in [2.05, 4.69) is 61.5 Å². The third kappa shape index (κ3) is 5.06. The molecular weight excluding hydrogens is 306 g/mol. The Bertz CT molecular complexity index is 731. The van der Waals surface area contributed by atoms with E-state index in [1.165, 1.54) is 36.0 Å². The number of unbranched alkanes of at least 4 members (excludes halogenated alkanes) is 3. The van der Waals surface area contributed by atoms with Crippen LogP contribution in [0, 0.1) is 0 Å². The molecule has 0 atom stereocenters. The topological polar surface area (TPSA) is 21.6 Å². The van der Waals surface area contributed by atoms with E-state index in [9.17, 15) is 0 Å². The molecule has 1 aliphatic rings. The highest BCUT2D eigenvalue weighted by molar-refractivity contribution is 6.12. The summed E-state index contributed by atoms with van der Waals surface area (Å²) in [6.45, 7) is 3.89. The van der Waals surface area contributed by atoms with Gasteiger partial charge in [-0.3, -0.25) is 4.99 Å². The number of allylic oxidation sites excluding steroid dienone is 1. The van der Waals surface area contributed by atoms with E-state index in [0.717, 1.165) is 37.5 Å². The predicted octanol–water partition coefficient (Wildman–Crippen LogP) is 5.70. The van der Waals surface area contributed by atoms with Crippen LogP contribution in [0.2, 0.25) is 0 Å². The Hall–Kier alpha value is -2.35. The van der Waals surface area contributed by atoms with Gasteiger partial charge in [-0.15, -0.1) is 0 Å². The summed E-state index contributed by atoms with van der Waals surface area (Å²) in [6, 6.07) is 16.8. The molecule has 2 nitrogen and oxygen atoms in total. The van der Waals surface area contributed by atoms with Crippen molar-refractivity contribution >= 4 is 11.8 Å². The highest BCUT2D eigenvalue weighted by Gasteiger charge is 2.13. The lowest BCUT2D eigenvalue weighted by atomic mass is 9.96. The number of ether oxygens (including phenoxy) is 1. The molecule has 0 bridgehead atoms. The minimum Gasteiger partial charge on any atom is -0.494 e. The Labute approximate surface area is 151 Å². The highest BCUT2D eigenvalue weighted by atomic mass is 16.5. The van der Waals surface area contributed by atoms with Crippen molar-refractivity contribution in [2.75, 3.05) is 13.2 Å². The zero-order valence-corrected chi connectivity index (χ0v) is 15.1. The van der Waals surface area contributed by atoms with Gasteiger partial charge in [0.05, 0.1) is 12.3 Å². The highest BCUT2D eigenvalue weighted by Crippen LogP contribution is 2.23. The first-order valence-electron chi connectivity index (χ1n) is 9.40. The fraction of sp³-hybridized carbons (Fsp3) is 0.348. The molecule has 0 radical (unpaired) electrons. The average Bonchev–Trinajstić information content (AvgIpc) is 2.67. The third-order valence-corrected chi connectivity index (χ3v) is 4.52. The van der Waals surface area contributed by atoms with E-state index < -0.39 is 0 Å². The minimum atomic E-state index is 0.813. The van der Waals surface area contributed by atoms with Crippen LogP contribution in [-0.4, -0.2) is 18.9 Å². The van der Waals surface area contributed by atoms with E-state index in [-0.39, 0.29) is 0 Å². The predicted molar refractivity (Wildman–Crippen MR) is 107 cm³/mol. The van der Waals surface area contributed by atoms with Crippen LogP contribution in [0.5, 0.6) is 5.75 Å². The van der Waals surface area contributed by atoms with Gasteiger partial charge in [0.15, 0.2) is 0 Å². The number of rotatable bonds is 8. The smallest absolute Gasteiger partial charge is 0.119 e. The molecule has 130 valence electrons. The Morgan fingerprint density at radius 2 is 1.88 bits per heavy atom. The summed E-state index contributed by atoms with van der Waals surface area (Å²) in [6.07, 6.45) is 10.2. The van der Waals surface area contributed by atoms with Crippen molar-refractivity contribution in [3.05, 3.63) is 71.3 Å². The quantitative estimate of drug-likeness (QED) is 0.567. The summed E-state index contributed by atoms with van der Waals surface area (Å²) < 4.78 is 5.93. The Morgan fingerprint density at radius 3 is 2.72 bits per heavy atom. The maximum atomic E-state index is 5.93. The maximum absolute atomic E-state index is 5.93. The first-order valence-corrected chi connectivity index (χ1v) is 9.40. The third-order valence-electron chi connectivity index (χ3n) is 4.52. The van der Waals surface area contributed by atoms with Gasteiger partial charge in [0.25, 0.3) is 0 Å². The number of hydrogen-bond donors (Lipinski definition) is 0. The monoisotopic (exact) mass is 333 g/mol. The Morgan fingerprint density at radius 1 is 1.00 bits per heavy atom. The SMILES string of the molecule is CCCCCCOc1ccc2c(c1)CCN=C2C=Cc1ccccc1.